The van der Waals surface area contributed by atoms with Crippen LogP contribution in [-0.4, -0.2) is 90.8 Å². The van der Waals surface area contributed by atoms with Gasteiger partial charge in [0.1, 0.15) is 24.2 Å². The highest BCUT2D eigenvalue weighted by Crippen LogP contribution is 2.30. The van der Waals surface area contributed by atoms with Gasteiger partial charge >= 0.3 is 0 Å². The molecule has 0 aliphatic carbocycles. The van der Waals surface area contributed by atoms with Gasteiger partial charge in [-0.1, -0.05) is 30.3 Å². The lowest BCUT2D eigenvalue weighted by molar-refractivity contribution is 0.0272. The molecule has 0 radical (unpaired) electrons. The van der Waals surface area contributed by atoms with E-state index in [1.807, 2.05) is 42.5 Å². The Morgan fingerprint density at radius 2 is 1.46 bits per heavy atom. The minimum atomic E-state index is -0.630. The molecule has 2 heterocycles. The van der Waals surface area contributed by atoms with Gasteiger partial charge in [0, 0.05) is 55.3 Å². The van der Waals surface area contributed by atoms with Crippen molar-refractivity contribution >= 4 is 22.6 Å². The average Bonchev–Trinajstić information content (AvgIpc) is 2.89. The van der Waals surface area contributed by atoms with Gasteiger partial charge in [-0.05, 0) is 29.7 Å². The molecule has 2 aliphatic rings. The summed E-state index contributed by atoms with van der Waals surface area (Å²) in [7, 11) is 1.60. The molecule has 1 fully saturated rings. The Labute approximate surface area is 204 Å². The number of amides is 2. The van der Waals surface area contributed by atoms with E-state index < -0.39 is 6.10 Å². The Hall–Kier alpha value is -3.46. The fourth-order valence-corrected chi connectivity index (χ4v) is 4.76. The first kappa shape index (κ1) is 23.3. The molecule has 8 heteroatoms. The van der Waals surface area contributed by atoms with Gasteiger partial charge in [0.25, 0.3) is 11.8 Å². The van der Waals surface area contributed by atoms with E-state index in [-0.39, 0.29) is 25.1 Å². The molecule has 0 spiro atoms. The van der Waals surface area contributed by atoms with E-state index in [2.05, 4.69) is 9.80 Å². The monoisotopic (exact) mass is 475 g/mol. The number of ether oxygens (including phenoxy) is 2. The second-order valence-electron chi connectivity index (χ2n) is 8.95. The summed E-state index contributed by atoms with van der Waals surface area (Å²) < 4.78 is 10.9. The summed E-state index contributed by atoms with van der Waals surface area (Å²) in [6.45, 7) is 3.82. The third-order valence-electron chi connectivity index (χ3n) is 6.61. The molecule has 1 N–H and O–H groups in total. The maximum absolute atomic E-state index is 13.1. The minimum Gasteiger partial charge on any atom is -0.497 e. The summed E-state index contributed by atoms with van der Waals surface area (Å²) in [5.74, 6) is 0.874. The number of aliphatic hydroxyl groups excluding tert-OH is 1. The Bertz CT molecular complexity index is 1190. The van der Waals surface area contributed by atoms with Gasteiger partial charge in [0.2, 0.25) is 0 Å². The summed E-state index contributed by atoms with van der Waals surface area (Å²) in [5, 5.41) is 12.1. The number of nitrogens with zero attached hydrogens (tertiary/aromatic N) is 3. The Balaban J connectivity index is 1.13. The van der Waals surface area contributed by atoms with Gasteiger partial charge in [-0.15, -0.1) is 0 Å². The summed E-state index contributed by atoms with van der Waals surface area (Å²) in [5.41, 5.74) is 1.16. The summed E-state index contributed by atoms with van der Waals surface area (Å²) >= 11 is 0. The van der Waals surface area contributed by atoms with Crippen LogP contribution in [0, 0.1) is 0 Å². The van der Waals surface area contributed by atoms with Crippen LogP contribution in [0.15, 0.2) is 60.7 Å². The molecule has 0 unspecified atom stereocenters. The maximum atomic E-state index is 13.1. The molecule has 5 rings (SSSR count). The number of β-amino-alcohol motifs (C(OH)–C–C–N with tert-alkyl or cyclic N) is 1. The third-order valence-corrected chi connectivity index (χ3v) is 6.61. The first-order chi connectivity index (χ1) is 17.0. The first-order valence-electron chi connectivity index (χ1n) is 11.8. The molecule has 2 aliphatic heterocycles. The lowest BCUT2D eigenvalue weighted by Gasteiger charge is -2.38. The fraction of sp³-hybridized carbons (Fsp3) is 0.333. The highest BCUT2D eigenvalue weighted by atomic mass is 16.5. The minimum absolute atomic E-state index is 0.190. The topological polar surface area (TPSA) is 82.6 Å². The second kappa shape index (κ2) is 10.0. The van der Waals surface area contributed by atoms with E-state index in [1.54, 1.807) is 25.3 Å². The van der Waals surface area contributed by atoms with Crippen molar-refractivity contribution in [3.8, 4) is 11.5 Å². The van der Waals surface area contributed by atoms with E-state index in [0.717, 1.165) is 23.9 Å². The predicted molar refractivity (Wildman–Crippen MR) is 132 cm³/mol. The number of rotatable bonds is 8. The lowest BCUT2D eigenvalue weighted by atomic mass is 9.94. The van der Waals surface area contributed by atoms with Crippen LogP contribution in [0.5, 0.6) is 11.5 Å². The summed E-state index contributed by atoms with van der Waals surface area (Å²) in [6, 6.07) is 18.4. The Morgan fingerprint density at radius 3 is 2.11 bits per heavy atom. The number of carbonyl (C=O) groups is 2. The SMILES string of the molecule is COc1cccc(OC[C@H](O)CN2CCN(CN3C(=O)c4cccc5cccc(c45)C3=O)CC2)c1. The normalized spacial score (nSPS) is 17.6. The molecule has 0 aromatic heterocycles. The number of hydrogen-bond donors (Lipinski definition) is 1. The number of piperazine rings is 1. The molecule has 0 bridgehead atoms. The molecule has 0 saturated carbocycles. The van der Waals surface area contributed by atoms with Gasteiger partial charge < -0.3 is 14.6 Å². The number of methoxy groups -OCH3 is 1. The molecule has 8 nitrogen and oxygen atoms in total. The molecule has 2 amide bonds. The van der Waals surface area contributed by atoms with Crippen molar-refractivity contribution in [1.82, 2.24) is 14.7 Å². The van der Waals surface area contributed by atoms with Crippen molar-refractivity contribution in [1.29, 1.82) is 0 Å². The molecule has 1 saturated heterocycles. The van der Waals surface area contributed by atoms with Gasteiger partial charge in [0.05, 0.1) is 13.8 Å². The number of carbonyl (C=O) groups excluding carboxylic acids is 2. The summed E-state index contributed by atoms with van der Waals surface area (Å²) in [6.07, 6.45) is -0.630. The summed E-state index contributed by atoms with van der Waals surface area (Å²) in [4.78, 5) is 31.9. The van der Waals surface area contributed by atoms with Crippen molar-refractivity contribution in [2.45, 2.75) is 6.10 Å². The number of hydrogen-bond acceptors (Lipinski definition) is 7. The van der Waals surface area contributed by atoms with Crippen LogP contribution in [0.4, 0.5) is 0 Å². The number of aliphatic hydroxyl groups is 1. The second-order valence-corrected chi connectivity index (χ2v) is 8.95. The Morgan fingerprint density at radius 1 is 0.857 bits per heavy atom. The van der Waals surface area contributed by atoms with E-state index in [0.29, 0.717) is 42.3 Å². The van der Waals surface area contributed by atoms with Crippen LogP contribution in [0.1, 0.15) is 20.7 Å². The van der Waals surface area contributed by atoms with E-state index in [4.69, 9.17) is 9.47 Å². The van der Waals surface area contributed by atoms with Gasteiger partial charge in [-0.3, -0.25) is 24.3 Å². The third kappa shape index (κ3) is 4.86. The molecule has 1 atom stereocenters. The average molecular weight is 476 g/mol. The zero-order valence-corrected chi connectivity index (χ0v) is 19.7. The first-order valence-corrected chi connectivity index (χ1v) is 11.8. The molecule has 3 aromatic rings. The molecule has 3 aromatic carbocycles. The molecule has 35 heavy (non-hydrogen) atoms. The molecular weight excluding hydrogens is 446 g/mol. The molecule has 182 valence electrons. The van der Waals surface area contributed by atoms with Crippen LogP contribution in [0.3, 0.4) is 0 Å². The van der Waals surface area contributed by atoms with Crippen molar-refractivity contribution < 1.29 is 24.2 Å². The largest absolute Gasteiger partial charge is 0.497 e. The van der Waals surface area contributed by atoms with Gasteiger partial charge in [0.15, 0.2) is 0 Å². The Kier molecular flexibility index (Phi) is 6.68. The maximum Gasteiger partial charge on any atom is 0.262 e. The van der Waals surface area contributed by atoms with Crippen LogP contribution in [0.2, 0.25) is 0 Å². The quantitative estimate of drug-likeness (QED) is 0.501. The zero-order valence-electron chi connectivity index (χ0n) is 19.7. The van der Waals surface area contributed by atoms with Crippen LogP contribution in [0.25, 0.3) is 10.8 Å². The highest BCUT2D eigenvalue weighted by molar-refractivity contribution is 6.25. The van der Waals surface area contributed by atoms with E-state index >= 15 is 0 Å². The lowest BCUT2D eigenvalue weighted by Crippen LogP contribution is -2.54. The fourth-order valence-electron chi connectivity index (χ4n) is 4.76. The van der Waals surface area contributed by atoms with Crippen LogP contribution >= 0.6 is 0 Å². The van der Waals surface area contributed by atoms with Gasteiger partial charge in [-0.25, -0.2) is 0 Å². The zero-order chi connectivity index (χ0) is 24.4. The van der Waals surface area contributed by atoms with Crippen molar-refractivity contribution in [3.63, 3.8) is 0 Å². The molecular formula is C27H29N3O5. The van der Waals surface area contributed by atoms with Crippen LogP contribution < -0.4 is 9.47 Å². The highest BCUT2D eigenvalue weighted by Gasteiger charge is 2.34. The van der Waals surface area contributed by atoms with Crippen molar-refractivity contribution in [2.75, 3.05) is 53.1 Å². The number of imide groups is 1. The number of benzene rings is 3. The van der Waals surface area contributed by atoms with Crippen molar-refractivity contribution in [3.05, 3.63) is 71.8 Å². The van der Waals surface area contributed by atoms with Gasteiger partial charge in [-0.2, -0.15) is 0 Å². The van der Waals surface area contributed by atoms with E-state index in [1.165, 1.54) is 4.90 Å². The standard InChI is InChI=1S/C27H29N3O5/c1-34-21-7-4-8-22(15-21)35-17-20(31)16-28-11-13-29(14-12-28)18-30-26(32)23-9-2-5-19-6-3-10-24(25(19)23)27(30)33/h2-10,15,20,31H,11-14,16-18H2,1H3/t20-/m1/s1. The van der Waals surface area contributed by atoms with Crippen molar-refractivity contribution in [2.24, 2.45) is 0 Å². The van der Waals surface area contributed by atoms with Crippen LogP contribution in [-0.2, 0) is 0 Å². The predicted octanol–water partition coefficient (Wildman–Crippen LogP) is 2.46. The smallest absolute Gasteiger partial charge is 0.262 e. The van der Waals surface area contributed by atoms with E-state index in [9.17, 15) is 14.7 Å².